The fraction of sp³-hybridized carbons (Fsp3) is 0.286. The van der Waals surface area contributed by atoms with E-state index in [-0.39, 0.29) is 11.5 Å². The van der Waals surface area contributed by atoms with Crippen LogP contribution in [-0.2, 0) is 0 Å². The van der Waals surface area contributed by atoms with Crippen LogP contribution in [0.2, 0.25) is 0 Å². The lowest BCUT2D eigenvalue weighted by Crippen LogP contribution is -2.03. The maximum Gasteiger partial charge on any atom is 0.283 e. The normalized spacial score (nSPS) is 10.6. The lowest BCUT2D eigenvalue weighted by Gasteiger charge is -2.05. The predicted molar refractivity (Wildman–Crippen MR) is 45.0 cm³/mol. The highest BCUT2D eigenvalue weighted by molar-refractivity contribution is 5.50. The molecule has 1 heterocycles. The molecule has 76 valence electrons. The van der Waals surface area contributed by atoms with Crippen LogP contribution in [0.3, 0.4) is 0 Å². The molecule has 0 spiro atoms. The first-order valence-electron chi connectivity index (χ1n) is 3.63. The summed E-state index contributed by atoms with van der Waals surface area (Å²) < 4.78 is 24.8. The molecule has 0 aliphatic heterocycles. The third-order valence-electron chi connectivity index (χ3n) is 1.66. The maximum atomic E-state index is 12.4. The number of aryl methyl sites for hydroxylation is 1. The molecule has 1 rings (SSSR count). The van der Waals surface area contributed by atoms with Gasteiger partial charge in [-0.3, -0.25) is 10.1 Å². The number of hydrogen-bond acceptors (Lipinski definition) is 4. The number of nitrogens with two attached hydrogens (primary N) is 1. The van der Waals surface area contributed by atoms with E-state index in [1.165, 1.54) is 6.92 Å². The quantitative estimate of drug-likeness (QED) is 0.587. The first kappa shape index (κ1) is 10.3. The number of rotatable bonds is 2. The Hall–Kier alpha value is -1.79. The summed E-state index contributed by atoms with van der Waals surface area (Å²) in [4.78, 5) is 13.1. The van der Waals surface area contributed by atoms with E-state index in [0.29, 0.717) is 0 Å². The van der Waals surface area contributed by atoms with Gasteiger partial charge in [0.1, 0.15) is 11.4 Å². The predicted octanol–water partition coefficient (Wildman–Crippen LogP) is 1.82. The molecule has 0 fully saturated rings. The summed E-state index contributed by atoms with van der Waals surface area (Å²) in [6, 6.07) is 0.828. The van der Waals surface area contributed by atoms with Gasteiger partial charge in [-0.25, -0.2) is 13.8 Å². The Balaban J connectivity index is 3.44. The molecule has 0 saturated heterocycles. The Bertz CT molecular complexity index is 381. The lowest BCUT2D eigenvalue weighted by molar-refractivity contribution is -0.386. The topological polar surface area (TPSA) is 82.0 Å². The van der Waals surface area contributed by atoms with E-state index in [1.807, 2.05) is 0 Å². The van der Waals surface area contributed by atoms with Crippen molar-refractivity contribution < 1.29 is 13.7 Å². The monoisotopic (exact) mass is 203 g/mol. The molecule has 0 aromatic carbocycles. The van der Waals surface area contributed by atoms with Crippen LogP contribution in [0, 0.1) is 17.0 Å². The van der Waals surface area contributed by atoms with Gasteiger partial charge in [-0.05, 0) is 6.92 Å². The van der Waals surface area contributed by atoms with Crippen LogP contribution in [0.25, 0.3) is 0 Å². The van der Waals surface area contributed by atoms with Crippen LogP contribution >= 0.6 is 0 Å². The van der Waals surface area contributed by atoms with Gasteiger partial charge in [-0.2, -0.15) is 0 Å². The second-order valence-electron chi connectivity index (χ2n) is 2.62. The number of nitrogens with zero attached hydrogens (tertiary/aromatic N) is 2. The molecule has 14 heavy (non-hydrogen) atoms. The fourth-order valence-electron chi connectivity index (χ4n) is 1.11. The van der Waals surface area contributed by atoms with Gasteiger partial charge in [0.05, 0.1) is 16.7 Å². The van der Waals surface area contributed by atoms with Crippen LogP contribution in [0.1, 0.15) is 17.7 Å². The molecule has 1 aromatic heterocycles. The summed E-state index contributed by atoms with van der Waals surface area (Å²) in [5.74, 6) is -0.140. The molecule has 0 radical (unpaired) electrons. The highest BCUT2D eigenvalue weighted by atomic mass is 19.3. The van der Waals surface area contributed by atoms with Crippen LogP contribution in [-0.4, -0.2) is 9.91 Å². The highest BCUT2D eigenvalue weighted by Gasteiger charge is 2.25. The summed E-state index contributed by atoms with van der Waals surface area (Å²) in [5, 5.41) is 10.4. The van der Waals surface area contributed by atoms with Gasteiger partial charge in [0, 0.05) is 0 Å². The minimum Gasteiger partial charge on any atom is -0.383 e. The molecule has 2 N–H and O–H groups in total. The van der Waals surface area contributed by atoms with Crippen molar-refractivity contribution in [3.05, 3.63) is 27.4 Å². The Morgan fingerprint density at radius 2 is 2.21 bits per heavy atom. The van der Waals surface area contributed by atoms with Crippen molar-refractivity contribution in [2.24, 2.45) is 0 Å². The largest absolute Gasteiger partial charge is 0.383 e. The van der Waals surface area contributed by atoms with E-state index in [1.54, 1.807) is 0 Å². The third kappa shape index (κ3) is 1.76. The smallest absolute Gasteiger partial charge is 0.283 e. The van der Waals surface area contributed by atoms with Gasteiger partial charge in [0.25, 0.3) is 12.1 Å². The highest BCUT2D eigenvalue weighted by Crippen LogP contribution is 2.31. The number of halogens is 2. The average Bonchev–Trinajstić information content (AvgIpc) is 2.01. The van der Waals surface area contributed by atoms with Gasteiger partial charge in [0.15, 0.2) is 0 Å². The standard InChI is InChI=1S/C7H7F2N3O2/c1-3-6(7(8)9)4(12(13)14)2-5(10)11-3/h2,7H,1H3,(H2,10,11). The summed E-state index contributed by atoms with van der Waals surface area (Å²) in [5.41, 5.74) is 3.72. The van der Waals surface area contributed by atoms with Crippen LogP contribution in [0.5, 0.6) is 0 Å². The summed E-state index contributed by atoms with van der Waals surface area (Å²) in [6.45, 7) is 1.25. The molecule has 0 saturated carbocycles. The van der Waals surface area contributed by atoms with Gasteiger partial charge >= 0.3 is 0 Å². The number of aromatic nitrogens is 1. The Morgan fingerprint density at radius 1 is 1.64 bits per heavy atom. The van der Waals surface area contributed by atoms with Crippen molar-refractivity contribution >= 4 is 11.5 Å². The first-order valence-corrected chi connectivity index (χ1v) is 3.63. The molecule has 0 amide bonds. The molecule has 0 atom stereocenters. The number of anilines is 1. The van der Waals surface area contributed by atoms with Crippen molar-refractivity contribution in [1.29, 1.82) is 0 Å². The Morgan fingerprint density at radius 3 is 2.64 bits per heavy atom. The number of hydrogen-bond donors (Lipinski definition) is 1. The molecular formula is C7H7F2N3O2. The van der Waals surface area contributed by atoms with Crippen molar-refractivity contribution in [2.75, 3.05) is 5.73 Å². The fourth-order valence-corrected chi connectivity index (χ4v) is 1.11. The summed E-state index contributed by atoms with van der Waals surface area (Å²) >= 11 is 0. The summed E-state index contributed by atoms with van der Waals surface area (Å²) in [6.07, 6.45) is -2.93. The van der Waals surface area contributed by atoms with Gasteiger partial charge < -0.3 is 5.73 Å². The molecule has 7 heteroatoms. The zero-order valence-electron chi connectivity index (χ0n) is 7.20. The van der Waals surface area contributed by atoms with Gasteiger partial charge in [-0.1, -0.05) is 0 Å². The van der Waals surface area contributed by atoms with E-state index < -0.39 is 22.6 Å². The first-order chi connectivity index (χ1) is 6.43. The molecule has 1 aromatic rings. The van der Waals surface area contributed by atoms with Crippen LogP contribution in [0.15, 0.2) is 6.07 Å². The third-order valence-corrected chi connectivity index (χ3v) is 1.66. The Labute approximate surface area is 77.7 Å². The zero-order valence-corrected chi connectivity index (χ0v) is 7.20. The van der Waals surface area contributed by atoms with E-state index in [0.717, 1.165) is 6.07 Å². The second kappa shape index (κ2) is 3.52. The molecule has 5 nitrogen and oxygen atoms in total. The molecule has 0 aliphatic carbocycles. The van der Waals surface area contributed by atoms with Crippen molar-refractivity contribution in [1.82, 2.24) is 4.98 Å². The SMILES string of the molecule is Cc1nc(N)cc([N+](=O)[O-])c1C(F)F. The summed E-state index contributed by atoms with van der Waals surface area (Å²) in [7, 11) is 0. The van der Waals surface area contributed by atoms with Crippen LogP contribution < -0.4 is 5.73 Å². The number of pyridine rings is 1. The molecule has 0 aliphatic rings. The van der Waals surface area contributed by atoms with Gasteiger partial charge in [0.2, 0.25) is 0 Å². The van der Waals surface area contributed by atoms with Crippen molar-refractivity contribution in [3.63, 3.8) is 0 Å². The van der Waals surface area contributed by atoms with E-state index in [4.69, 9.17) is 5.73 Å². The van der Waals surface area contributed by atoms with Crippen molar-refractivity contribution in [3.8, 4) is 0 Å². The zero-order chi connectivity index (χ0) is 10.9. The van der Waals surface area contributed by atoms with Crippen molar-refractivity contribution in [2.45, 2.75) is 13.3 Å². The minimum atomic E-state index is -2.93. The van der Waals surface area contributed by atoms with E-state index >= 15 is 0 Å². The second-order valence-corrected chi connectivity index (χ2v) is 2.62. The minimum absolute atomic E-state index is 0.119. The Kier molecular flexibility index (Phi) is 2.59. The maximum absolute atomic E-state index is 12.4. The molecule has 0 unspecified atom stereocenters. The molecule has 0 bridgehead atoms. The molecular weight excluding hydrogens is 196 g/mol. The van der Waals surface area contributed by atoms with Crippen LogP contribution in [0.4, 0.5) is 20.3 Å². The number of nitrogen functional groups attached to an aromatic ring is 1. The van der Waals surface area contributed by atoms with E-state index in [2.05, 4.69) is 4.98 Å². The average molecular weight is 203 g/mol. The lowest BCUT2D eigenvalue weighted by atomic mass is 10.1. The number of nitro groups is 1. The number of alkyl halides is 2. The van der Waals surface area contributed by atoms with Gasteiger partial charge in [-0.15, -0.1) is 0 Å². The van der Waals surface area contributed by atoms with E-state index in [9.17, 15) is 18.9 Å².